The molecule has 144 valence electrons. The molecule has 0 aromatic heterocycles. The zero-order valence-corrected chi connectivity index (χ0v) is 16.3. The van der Waals surface area contributed by atoms with Crippen LogP contribution in [-0.2, 0) is 4.79 Å². The van der Waals surface area contributed by atoms with E-state index in [-0.39, 0.29) is 5.57 Å². The van der Waals surface area contributed by atoms with Crippen LogP contribution in [0.3, 0.4) is 0 Å². The van der Waals surface area contributed by atoms with E-state index in [2.05, 4.69) is 10.2 Å². The first-order chi connectivity index (χ1) is 13.6. The number of benzene rings is 2. The summed E-state index contributed by atoms with van der Waals surface area (Å²) in [5.41, 5.74) is 1.76. The summed E-state index contributed by atoms with van der Waals surface area (Å²) >= 11 is 6.06. The number of ether oxygens (including phenoxy) is 1. The highest BCUT2D eigenvalue weighted by atomic mass is 35.5. The molecule has 0 radical (unpaired) electrons. The standard InChI is InChI=1S/C21H21ClN4O2/c1-28-20-7-5-18(6-8-20)24-21(27)16(14-23)15-25-9-11-26(12-10-25)19-4-2-3-17(22)13-19/h2-8,13,15H,9-12H2,1H3,(H,24,27). The fraction of sp³-hybridized carbons (Fsp3) is 0.238. The number of hydrogen-bond acceptors (Lipinski definition) is 5. The average molecular weight is 397 g/mol. The predicted molar refractivity (Wildman–Crippen MR) is 111 cm³/mol. The van der Waals surface area contributed by atoms with E-state index >= 15 is 0 Å². The van der Waals surface area contributed by atoms with Gasteiger partial charge in [0.05, 0.1) is 7.11 Å². The third-order valence-electron chi connectivity index (χ3n) is 4.51. The molecule has 7 heteroatoms. The number of hydrogen-bond donors (Lipinski definition) is 1. The van der Waals surface area contributed by atoms with Gasteiger partial charge in [-0.3, -0.25) is 4.79 Å². The van der Waals surface area contributed by atoms with Crippen LogP contribution >= 0.6 is 11.6 Å². The molecule has 0 atom stereocenters. The SMILES string of the molecule is COc1ccc(NC(=O)C(C#N)=CN2CCN(c3cccc(Cl)c3)CC2)cc1. The maximum absolute atomic E-state index is 12.4. The largest absolute Gasteiger partial charge is 0.497 e. The van der Waals surface area contributed by atoms with Gasteiger partial charge in [-0.15, -0.1) is 0 Å². The summed E-state index contributed by atoms with van der Waals surface area (Å²) in [5.74, 6) is 0.275. The van der Waals surface area contributed by atoms with E-state index in [9.17, 15) is 10.1 Å². The molecule has 1 aliphatic heterocycles. The number of carbonyl (C=O) groups is 1. The second kappa shape index (κ2) is 9.16. The number of rotatable bonds is 5. The molecule has 1 saturated heterocycles. The van der Waals surface area contributed by atoms with Gasteiger partial charge in [-0.25, -0.2) is 0 Å². The van der Waals surface area contributed by atoms with Gasteiger partial charge in [-0.05, 0) is 42.5 Å². The smallest absolute Gasteiger partial charge is 0.267 e. The highest BCUT2D eigenvalue weighted by molar-refractivity contribution is 6.30. The first-order valence-electron chi connectivity index (χ1n) is 8.91. The van der Waals surface area contributed by atoms with Crippen molar-refractivity contribution in [3.05, 3.63) is 65.3 Å². The second-order valence-corrected chi connectivity index (χ2v) is 6.78. The van der Waals surface area contributed by atoms with Crippen LogP contribution in [0.2, 0.25) is 5.02 Å². The second-order valence-electron chi connectivity index (χ2n) is 6.34. The fourth-order valence-corrected chi connectivity index (χ4v) is 3.16. The van der Waals surface area contributed by atoms with E-state index < -0.39 is 5.91 Å². The van der Waals surface area contributed by atoms with Gasteiger partial charge in [0.25, 0.3) is 5.91 Å². The Morgan fingerprint density at radius 1 is 1.18 bits per heavy atom. The van der Waals surface area contributed by atoms with Gasteiger partial charge in [0.2, 0.25) is 0 Å². The minimum Gasteiger partial charge on any atom is -0.497 e. The van der Waals surface area contributed by atoms with Crippen LogP contribution in [0.5, 0.6) is 5.75 Å². The van der Waals surface area contributed by atoms with Crippen LogP contribution in [0.1, 0.15) is 0 Å². The number of halogens is 1. The number of nitriles is 1. The minimum absolute atomic E-state index is 0.0759. The quantitative estimate of drug-likeness (QED) is 0.618. The summed E-state index contributed by atoms with van der Waals surface area (Å²) in [6.45, 7) is 3.01. The Bertz CT molecular complexity index is 897. The van der Waals surface area contributed by atoms with E-state index in [1.807, 2.05) is 35.2 Å². The zero-order valence-electron chi connectivity index (χ0n) is 15.6. The molecule has 1 amide bonds. The van der Waals surface area contributed by atoms with E-state index in [1.54, 1.807) is 37.6 Å². The fourth-order valence-electron chi connectivity index (χ4n) is 2.98. The van der Waals surface area contributed by atoms with Gasteiger partial charge in [-0.1, -0.05) is 17.7 Å². The maximum atomic E-state index is 12.4. The summed E-state index contributed by atoms with van der Waals surface area (Å²) in [4.78, 5) is 16.6. The molecule has 0 aliphatic carbocycles. The molecule has 0 bridgehead atoms. The number of piperazine rings is 1. The van der Waals surface area contributed by atoms with Crippen LogP contribution in [0, 0.1) is 11.3 Å². The molecule has 2 aromatic carbocycles. The Balaban J connectivity index is 1.60. The van der Waals surface area contributed by atoms with Gasteiger partial charge in [-0.2, -0.15) is 5.26 Å². The number of amides is 1. The Labute approximate surface area is 169 Å². The lowest BCUT2D eigenvalue weighted by molar-refractivity contribution is -0.112. The van der Waals surface area contributed by atoms with E-state index in [0.717, 1.165) is 18.8 Å². The third-order valence-corrected chi connectivity index (χ3v) is 4.75. The molecule has 2 aromatic rings. The Kier molecular flexibility index (Phi) is 6.41. The Morgan fingerprint density at radius 2 is 1.89 bits per heavy atom. The van der Waals surface area contributed by atoms with E-state index in [1.165, 1.54) is 0 Å². The molecular formula is C21H21ClN4O2. The highest BCUT2D eigenvalue weighted by Crippen LogP contribution is 2.21. The van der Waals surface area contributed by atoms with Crippen LogP contribution in [0.25, 0.3) is 0 Å². The number of carbonyl (C=O) groups excluding carboxylic acids is 1. The van der Waals surface area contributed by atoms with Crippen molar-refractivity contribution in [2.24, 2.45) is 0 Å². The molecule has 28 heavy (non-hydrogen) atoms. The average Bonchev–Trinajstić information content (AvgIpc) is 2.73. The van der Waals surface area contributed by atoms with Crippen molar-refractivity contribution in [3.8, 4) is 11.8 Å². The topological polar surface area (TPSA) is 68.6 Å². The van der Waals surface area contributed by atoms with E-state index in [4.69, 9.17) is 16.3 Å². The van der Waals surface area contributed by atoms with Gasteiger partial charge < -0.3 is 19.9 Å². The van der Waals surface area contributed by atoms with E-state index in [0.29, 0.717) is 29.5 Å². The molecule has 6 nitrogen and oxygen atoms in total. The Hall–Kier alpha value is -3.17. The van der Waals surface area contributed by atoms with Gasteiger partial charge >= 0.3 is 0 Å². The number of methoxy groups -OCH3 is 1. The van der Waals surface area contributed by atoms with Gasteiger partial charge in [0.1, 0.15) is 17.4 Å². The first-order valence-corrected chi connectivity index (χ1v) is 9.29. The minimum atomic E-state index is -0.426. The summed E-state index contributed by atoms with van der Waals surface area (Å²) in [5, 5.41) is 12.8. The lowest BCUT2D eigenvalue weighted by atomic mass is 10.2. The maximum Gasteiger partial charge on any atom is 0.267 e. The number of nitrogens with zero attached hydrogens (tertiary/aromatic N) is 3. The summed E-state index contributed by atoms with van der Waals surface area (Å²) in [6, 6.07) is 16.7. The van der Waals surface area contributed by atoms with Crippen LogP contribution < -0.4 is 15.0 Å². The van der Waals surface area contributed by atoms with Crippen molar-refractivity contribution < 1.29 is 9.53 Å². The lowest BCUT2D eigenvalue weighted by Gasteiger charge is -2.35. The predicted octanol–water partition coefficient (Wildman–Crippen LogP) is 3.52. The molecule has 0 saturated carbocycles. The molecule has 1 N–H and O–H groups in total. The van der Waals surface area contributed by atoms with Crippen molar-refractivity contribution in [3.63, 3.8) is 0 Å². The Morgan fingerprint density at radius 3 is 2.50 bits per heavy atom. The summed E-state index contributed by atoms with van der Waals surface area (Å²) < 4.78 is 5.10. The molecular weight excluding hydrogens is 376 g/mol. The van der Waals surface area contributed by atoms with Crippen molar-refractivity contribution in [2.75, 3.05) is 43.5 Å². The zero-order chi connectivity index (χ0) is 19.9. The molecule has 1 aliphatic rings. The molecule has 0 unspecified atom stereocenters. The molecule has 0 spiro atoms. The van der Waals surface area contributed by atoms with Crippen molar-refractivity contribution >= 4 is 28.9 Å². The normalized spacial score (nSPS) is 14.4. The lowest BCUT2D eigenvalue weighted by Crippen LogP contribution is -2.44. The molecule has 1 fully saturated rings. The summed E-state index contributed by atoms with van der Waals surface area (Å²) in [6.07, 6.45) is 1.63. The van der Waals surface area contributed by atoms with Gasteiger partial charge in [0, 0.05) is 48.8 Å². The van der Waals surface area contributed by atoms with Crippen LogP contribution in [-0.4, -0.2) is 44.1 Å². The number of nitrogens with one attached hydrogen (secondary N) is 1. The third kappa shape index (κ3) is 4.96. The van der Waals surface area contributed by atoms with Crippen molar-refractivity contribution in [1.29, 1.82) is 5.26 Å². The number of anilines is 2. The van der Waals surface area contributed by atoms with Crippen LogP contribution in [0.4, 0.5) is 11.4 Å². The molecule has 3 rings (SSSR count). The monoisotopic (exact) mass is 396 g/mol. The first kappa shape index (κ1) is 19.6. The van der Waals surface area contributed by atoms with Crippen molar-refractivity contribution in [2.45, 2.75) is 0 Å². The van der Waals surface area contributed by atoms with Gasteiger partial charge in [0.15, 0.2) is 0 Å². The van der Waals surface area contributed by atoms with Crippen molar-refractivity contribution in [1.82, 2.24) is 4.90 Å². The molecule has 1 heterocycles. The summed E-state index contributed by atoms with van der Waals surface area (Å²) in [7, 11) is 1.58. The van der Waals surface area contributed by atoms with Crippen LogP contribution in [0.15, 0.2) is 60.3 Å². The highest BCUT2D eigenvalue weighted by Gasteiger charge is 2.18.